The third-order valence-corrected chi connectivity index (χ3v) is 4.93. The molecule has 1 aromatic rings. The van der Waals surface area contributed by atoms with Crippen LogP contribution >= 0.6 is 11.6 Å². The molecule has 0 saturated heterocycles. The average molecular weight is 377 g/mol. The normalized spacial score (nSPS) is 11.4. The quantitative estimate of drug-likeness (QED) is 0.548. The zero-order valence-corrected chi connectivity index (χ0v) is 15.5. The van der Waals surface area contributed by atoms with Crippen LogP contribution in [0.5, 0.6) is 0 Å². The standard InChI is InChI=1S/C16H25ClN2O4S/c1-2-3-12-23-13-4-10-18-16(20)9-11-19-24(21,22)15-7-5-14(17)6-8-15/h5-8,19H,2-4,9-13H2,1H3,(H,18,20). The SMILES string of the molecule is CCCCOCCCNC(=O)CCNS(=O)(=O)c1ccc(Cl)cc1. The second-order valence-electron chi connectivity index (χ2n) is 5.27. The van der Waals surface area contributed by atoms with E-state index in [0.29, 0.717) is 18.2 Å². The summed E-state index contributed by atoms with van der Waals surface area (Å²) in [5.74, 6) is -0.192. The van der Waals surface area contributed by atoms with Crippen molar-refractivity contribution in [2.24, 2.45) is 0 Å². The van der Waals surface area contributed by atoms with Crippen molar-refractivity contribution in [1.82, 2.24) is 10.0 Å². The van der Waals surface area contributed by atoms with Gasteiger partial charge in [-0.3, -0.25) is 4.79 Å². The zero-order valence-electron chi connectivity index (χ0n) is 13.9. The van der Waals surface area contributed by atoms with Gasteiger partial charge in [-0.1, -0.05) is 24.9 Å². The van der Waals surface area contributed by atoms with Crippen LogP contribution in [-0.2, 0) is 19.6 Å². The Morgan fingerprint density at radius 1 is 1.12 bits per heavy atom. The van der Waals surface area contributed by atoms with Crippen molar-refractivity contribution < 1.29 is 17.9 Å². The maximum Gasteiger partial charge on any atom is 0.240 e. The lowest BCUT2D eigenvalue weighted by atomic mass is 10.3. The molecule has 0 aromatic heterocycles. The molecule has 0 fully saturated rings. The van der Waals surface area contributed by atoms with Crippen LogP contribution in [0.4, 0.5) is 0 Å². The van der Waals surface area contributed by atoms with E-state index in [1.54, 1.807) is 0 Å². The van der Waals surface area contributed by atoms with E-state index in [9.17, 15) is 13.2 Å². The van der Waals surface area contributed by atoms with Crippen molar-refractivity contribution in [1.29, 1.82) is 0 Å². The van der Waals surface area contributed by atoms with Gasteiger partial charge in [-0.05, 0) is 37.1 Å². The Morgan fingerprint density at radius 3 is 2.46 bits per heavy atom. The highest BCUT2D eigenvalue weighted by Gasteiger charge is 2.13. The van der Waals surface area contributed by atoms with E-state index in [0.717, 1.165) is 25.9 Å². The lowest BCUT2D eigenvalue weighted by Crippen LogP contribution is -2.31. The smallest absolute Gasteiger partial charge is 0.240 e. The molecule has 1 amide bonds. The largest absolute Gasteiger partial charge is 0.381 e. The number of unbranched alkanes of at least 4 members (excludes halogenated alkanes) is 1. The zero-order chi connectivity index (χ0) is 17.8. The molecule has 0 bridgehead atoms. The van der Waals surface area contributed by atoms with Gasteiger partial charge in [0.15, 0.2) is 0 Å². The van der Waals surface area contributed by atoms with Gasteiger partial charge in [0.05, 0.1) is 4.90 Å². The van der Waals surface area contributed by atoms with Crippen molar-refractivity contribution in [2.45, 2.75) is 37.5 Å². The van der Waals surface area contributed by atoms with E-state index >= 15 is 0 Å². The summed E-state index contributed by atoms with van der Waals surface area (Å²) in [7, 11) is -3.62. The number of carbonyl (C=O) groups excluding carboxylic acids is 1. The van der Waals surface area contributed by atoms with Crippen molar-refractivity contribution in [3.05, 3.63) is 29.3 Å². The number of hydrogen-bond acceptors (Lipinski definition) is 4. The Morgan fingerprint density at radius 2 is 1.79 bits per heavy atom. The maximum atomic E-state index is 12.0. The fourth-order valence-electron chi connectivity index (χ4n) is 1.83. The Hall–Kier alpha value is -1.15. The first-order valence-corrected chi connectivity index (χ1v) is 9.91. The summed E-state index contributed by atoms with van der Waals surface area (Å²) < 4.78 is 31.8. The fraction of sp³-hybridized carbons (Fsp3) is 0.562. The number of rotatable bonds is 12. The summed E-state index contributed by atoms with van der Waals surface area (Å²) in [4.78, 5) is 11.8. The first-order valence-electron chi connectivity index (χ1n) is 8.05. The van der Waals surface area contributed by atoms with E-state index in [2.05, 4.69) is 17.0 Å². The first-order chi connectivity index (χ1) is 11.5. The molecule has 6 nitrogen and oxygen atoms in total. The Balaban J connectivity index is 2.17. The second kappa shape index (κ2) is 11.4. The molecule has 0 unspecified atom stereocenters. The van der Waals surface area contributed by atoms with Crippen LogP contribution in [-0.4, -0.2) is 40.6 Å². The molecule has 0 spiro atoms. The Kier molecular flexibility index (Phi) is 9.94. The van der Waals surface area contributed by atoms with E-state index in [4.69, 9.17) is 16.3 Å². The molecule has 136 valence electrons. The third-order valence-electron chi connectivity index (χ3n) is 3.20. The minimum atomic E-state index is -3.62. The second-order valence-corrected chi connectivity index (χ2v) is 7.47. The summed E-state index contributed by atoms with van der Waals surface area (Å²) >= 11 is 5.73. The molecule has 24 heavy (non-hydrogen) atoms. The van der Waals surface area contributed by atoms with Crippen LogP contribution in [0.3, 0.4) is 0 Å². The minimum Gasteiger partial charge on any atom is -0.381 e. The number of halogens is 1. The van der Waals surface area contributed by atoms with Gasteiger partial charge in [0.1, 0.15) is 0 Å². The predicted molar refractivity (Wildman–Crippen MR) is 94.6 cm³/mol. The lowest BCUT2D eigenvalue weighted by Gasteiger charge is -2.08. The van der Waals surface area contributed by atoms with Crippen LogP contribution < -0.4 is 10.0 Å². The lowest BCUT2D eigenvalue weighted by molar-refractivity contribution is -0.120. The highest BCUT2D eigenvalue weighted by atomic mass is 35.5. The number of sulfonamides is 1. The van der Waals surface area contributed by atoms with Crippen LogP contribution in [0.15, 0.2) is 29.2 Å². The Labute approximate surface area is 149 Å². The van der Waals surface area contributed by atoms with Crippen molar-refractivity contribution in [3.8, 4) is 0 Å². The van der Waals surface area contributed by atoms with E-state index in [1.165, 1.54) is 24.3 Å². The summed E-state index contributed by atoms with van der Waals surface area (Å²) in [6.45, 7) is 4.03. The number of ether oxygens (including phenoxy) is 1. The van der Waals surface area contributed by atoms with E-state index < -0.39 is 10.0 Å². The number of benzene rings is 1. The first kappa shape index (κ1) is 20.9. The molecular weight excluding hydrogens is 352 g/mol. The molecule has 8 heteroatoms. The highest BCUT2D eigenvalue weighted by molar-refractivity contribution is 7.89. The molecule has 0 aliphatic carbocycles. The van der Waals surface area contributed by atoms with Gasteiger partial charge in [-0.25, -0.2) is 13.1 Å². The summed E-state index contributed by atoms with van der Waals surface area (Å²) in [6.07, 6.45) is 2.97. The van der Waals surface area contributed by atoms with Gasteiger partial charge in [-0.15, -0.1) is 0 Å². The highest BCUT2D eigenvalue weighted by Crippen LogP contribution is 2.13. The number of amides is 1. The number of nitrogens with one attached hydrogen (secondary N) is 2. The van der Waals surface area contributed by atoms with Gasteiger partial charge in [0, 0.05) is 37.7 Å². The third kappa shape index (κ3) is 8.63. The average Bonchev–Trinajstić information content (AvgIpc) is 2.54. The molecule has 1 aromatic carbocycles. The molecule has 0 atom stereocenters. The topological polar surface area (TPSA) is 84.5 Å². The van der Waals surface area contributed by atoms with Gasteiger partial charge in [0.2, 0.25) is 15.9 Å². The minimum absolute atomic E-state index is 0.0454. The van der Waals surface area contributed by atoms with Crippen molar-refractivity contribution >= 4 is 27.5 Å². The molecule has 1 rings (SSSR count). The van der Waals surface area contributed by atoms with Gasteiger partial charge in [-0.2, -0.15) is 0 Å². The van der Waals surface area contributed by atoms with Crippen LogP contribution in [0.25, 0.3) is 0 Å². The van der Waals surface area contributed by atoms with Crippen LogP contribution in [0.2, 0.25) is 5.02 Å². The van der Waals surface area contributed by atoms with Crippen molar-refractivity contribution in [2.75, 3.05) is 26.3 Å². The van der Waals surface area contributed by atoms with E-state index in [1.807, 2.05) is 0 Å². The van der Waals surface area contributed by atoms with Gasteiger partial charge >= 0.3 is 0 Å². The fourth-order valence-corrected chi connectivity index (χ4v) is 2.99. The molecule has 0 aliphatic rings. The van der Waals surface area contributed by atoms with Crippen LogP contribution in [0.1, 0.15) is 32.6 Å². The monoisotopic (exact) mass is 376 g/mol. The number of hydrogen-bond donors (Lipinski definition) is 2. The molecule has 0 saturated carbocycles. The molecule has 0 radical (unpaired) electrons. The van der Waals surface area contributed by atoms with Gasteiger partial charge < -0.3 is 10.1 Å². The molecule has 0 heterocycles. The molecular formula is C16H25ClN2O4S. The van der Waals surface area contributed by atoms with E-state index in [-0.39, 0.29) is 23.8 Å². The van der Waals surface area contributed by atoms with Crippen LogP contribution in [0, 0.1) is 0 Å². The molecule has 2 N–H and O–H groups in total. The summed E-state index contributed by atoms with van der Waals surface area (Å²) in [5.41, 5.74) is 0. The summed E-state index contributed by atoms with van der Waals surface area (Å²) in [5, 5.41) is 3.20. The Bertz CT molecular complexity index is 591. The molecule has 0 aliphatic heterocycles. The predicted octanol–water partition coefficient (Wildman–Crippen LogP) is 2.33. The summed E-state index contributed by atoms with van der Waals surface area (Å²) in [6, 6.07) is 5.85. The maximum absolute atomic E-state index is 12.0. The number of carbonyl (C=O) groups is 1. The van der Waals surface area contributed by atoms with Crippen molar-refractivity contribution in [3.63, 3.8) is 0 Å². The van der Waals surface area contributed by atoms with Gasteiger partial charge in [0.25, 0.3) is 0 Å².